The highest BCUT2D eigenvalue weighted by Crippen LogP contribution is 2.23. The quantitative estimate of drug-likeness (QED) is 0.883. The summed E-state index contributed by atoms with van der Waals surface area (Å²) in [4.78, 5) is 23.1. The lowest BCUT2D eigenvalue weighted by atomic mass is 10.0. The van der Waals surface area contributed by atoms with Gasteiger partial charge in [-0.15, -0.1) is 0 Å². The number of carboxylic acids is 1. The van der Waals surface area contributed by atoms with Crippen molar-refractivity contribution in [3.63, 3.8) is 0 Å². The van der Waals surface area contributed by atoms with Crippen LogP contribution in [0.15, 0.2) is 34.9 Å². The number of aliphatic carboxylic acids is 1. The minimum absolute atomic E-state index is 0.0777. The summed E-state index contributed by atoms with van der Waals surface area (Å²) in [6, 6.07) is 4.59. The zero-order chi connectivity index (χ0) is 16.3. The molecule has 0 fully saturated rings. The predicted molar refractivity (Wildman–Crippen MR) is 77.3 cm³/mol. The highest BCUT2D eigenvalue weighted by Gasteiger charge is 2.22. The maximum Gasteiger partial charge on any atom is 0.305 e. The molecule has 1 aromatic carbocycles. The molecule has 1 aromatic heterocycles. The summed E-state index contributed by atoms with van der Waals surface area (Å²) in [6.07, 6.45) is 0.963. The standard InChI is InChI=1S/C15H13ClFNO4/c1-8-4-5-22-14(8)15(21)18-12(7-13(19)20)9-2-3-10(16)11(17)6-9/h2-6,12H,7H2,1H3,(H,18,21)(H,19,20)/t12-/m0/s1. The molecule has 0 aliphatic carbocycles. The van der Waals surface area contributed by atoms with Crippen LogP contribution in [-0.2, 0) is 4.79 Å². The van der Waals surface area contributed by atoms with Crippen LogP contribution in [0.1, 0.15) is 34.1 Å². The second kappa shape index (κ2) is 6.62. The lowest BCUT2D eigenvalue weighted by Gasteiger charge is -2.17. The van der Waals surface area contributed by atoms with Crippen LogP contribution >= 0.6 is 11.6 Å². The third-order valence-electron chi connectivity index (χ3n) is 3.10. The van der Waals surface area contributed by atoms with Gasteiger partial charge < -0.3 is 14.8 Å². The predicted octanol–water partition coefficient (Wildman–Crippen LogP) is 3.33. The fourth-order valence-electron chi connectivity index (χ4n) is 1.99. The second-order valence-electron chi connectivity index (χ2n) is 4.73. The van der Waals surface area contributed by atoms with Gasteiger partial charge in [-0.25, -0.2) is 4.39 Å². The van der Waals surface area contributed by atoms with E-state index >= 15 is 0 Å². The molecule has 1 heterocycles. The SMILES string of the molecule is Cc1ccoc1C(=O)N[C@@H](CC(=O)O)c1ccc(Cl)c(F)c1. The first kappa shape index (κ1) is 16.0. The molecule has 0 bridgehead atoms. The van der Waals surface area contributed by atoms with Crippen LogP contribution in [0, 0.1) is 12.7 Å². The highest BCUT2D eigenvalue weighted by molar-refractivity contribution is 6.30. The van der Waals surface area contributed by atoms with Gasteiger partial charge in [0.1, 0.15) is 5.82 Å². The summed E-state index contributed by atoms with van der Waals surface area (Å²) in [5.74, 6) is -2.29. The van der Waals surface area contributed by atoms with E-state index in [2.05, 4.69) is 5.32 Å². The van der Waals surface area contributed by atoms with E-state index in [-0.39, 0.29) is 10.8 Å². The number of hydrogen-bond acceptors (Lipinski definition) is 3. The van der Waals surface area contributed by atoms with E-state index in [1.165, 1.54) is 18.4 Å². The first-order valence-corrected chi connectivity index (χ1v) is 6.78. The number of carboxylic acid groups (broad SMARTS) is 1. The van der Waals surface area contributed by atoms with Gasteiger partial charge in [0.15, 0.2) is 5.76 Å². The number of carbonyl (C=O) groups excluding carboxylic acids is 1. The molecular weight excluding hydrogens is 313 g/mol. The van der Waals surface area contributed by atoms with Crippen molar-refractivity contribution in [2.45, 2.75) is 19.4 Å². The van der Waals surface area contributed by atoms with Gasteiger partial charge in [-0.1, -0.05) is 17.7 Å². The molecule has 1 atom stereocenters. The Kier molecular flexibility index (Phi) is 4.82. The van der Waals surface area contributed by atoms with Gasteiger partial charge in [0.2, 0.25) is 0 Å². The summed E-state index contributed by atoms with van der Waals surface area (Å²) in [6.45, 7) is 1.69. The molecule has 0 unspecified atom stereocenters. The molecule has 1 amide bonds. The maximum atomic E-state index is 13.5. The van der Waals surface area contributed by atoms with E-state index in [4.69, 9.17) is 21.1 Å². The topological polar surface area (TPSA) is 79.5 Å². The van der Waals surface area contributed by atoms with Gasteiger partial charge >= 0.3 is 5.97 Å². The lowest BCUT2D eigenvalue weighted by Crippen LogP contribution is -2.30. The van der Waals surface area contributed by atoms with Crippen molar-refractivity contribution in [1.29, 1.82) is 0 Å². The molecule has 0 aliphatic heterocycles. The van der Waals surface area contributed by atoms with Crippen LogP contribution in [0.5, 0.6) is 0 Å². The van der Waals surface area contributed by atoms with Gasteiger partial charge in [-0.3, -0.25) is 9.59 Å². The Morgan fingerprint density at radius 2 is 2.14 bits per heavy atom. The van der Waals surface area contributed by atoms with Gasteiger partial charge in [-0.2, -0.15) is 0 Å². The largest absolute Gasteiger partial charge is 0.481 e. The van der Waals surface area contributed by atoms with Crippen molar-refractivity contribution in [2.75, 3.05) is 0 Å². The molecule has 0 spiro atoms. The number of carbonyl (C=O) groups is 2. The Labute approximate surface area is 130 Å². The van der Waals surface area contributed by atoms with Crippen molar-refractivity contribution in [1.82, 2.24) is 5.32 Å². The third kappa shape index (κ3) is 3.65. The van der Waals surface area contributed by atoms with Crippen LogP contribution in [0.2, 0.25) is 5.02 Å². The number of nitrogens with one attached hydrogen (secondary N) is 1. The number of hydrogen-bond donors (Lipinski definition) is 2. The molecular formula is C15H13ClFNO4. The molecule has 22 heavy (non-hydrogen) atoms. The summed E-state index contributed by atoms with van der Waals surface area (Å²) in [5.41, 5.74) is 0.927. The van der Waals surface area contributed by atoms with E-state index in [9.17, 15) is 14.0 Å². The van der Waals surface area contributed by atoms with Crippen LogP contribution < -0.4 is 5.32 Å². The first-order valence-electron chi connectivity index (χ1n) is 6.40. The zero-order valence-corrected chi connectivity index (χ0v) is 12.4. The van der Waals surface area contributed by atoms with Crippen molar-refractivity contribution in [3.8, 4) is 0 Å². The van der Waals surface area contributed by atoms with Crippen molar-refractivity contribution < 1.29 is 23.5 Å². The number of rotatable bonds is 5. The van der Waals surface area contributed by atoms with E-state index in [1.54, 1.807) is 13.0 Å². The molecule has 5 nitrogen and oxygen atoms in total. The first-order chi connectivity index (χ1) is 10.4. The number of aryl methyl sites for hydroxylation is 1. The molecule has 2 aromatic rings. The molecule has 0 saturated heterocycles. The Morgan fingerprint density at radius 1 is 1.41 bits per heavy atom. The Bertz CT molecular complexity index is 713. The maximum absolute atomic E-state index is 13.5. The zero-order valence-electron chi connectivity index (χ0n) is 11.6. The highest BCUT2D eigenvalue weighted by atomic mass is 35.5. The van der Waals surface area contributed by atoms with Crippen LogP contribution in [0.3, 0.4) is 0 Å². The second-order valence-corrected chi connectivity index (χ2v) is 5.14. The number of benzene rings is 1. The Hall–Kier alpha value is -2.34. The van der Waals surface area contributed by atoms with Crippen LogP contribution in [-0.4, -0.2) is 17.0 Å². The summed E-state index contributed by atoms with van der Waals surface area (Å²) < 4.78 is 18.6. The monoisotopic (exact) mass is 325 g/mol. The number of furan rings is 1. The van der Waals surface area contributed by atoms with Crippen LogP contribution in [0.25, 0.3) is 0 Å². The van der Waals surface area contributed by atoms with Crippen LogP contribution in [0.4, 0.5) is 4.39 Å². The third-order valence-corrected chi connectivity index (χ3v) is 3.40. The van der Waals surface area contributed by atoms with Gasteiger partial charge in [-0.05, 0) is 30.7 Å². The van der Waals surface area contributed by atoms with E-state index in [0.717, 1.165) is 6.07 Å². The fraction of sp³-hybridized carbons (Fsp3) is 0.200. The van der Waals surface area contributed by atoms with Gasteiger partial charge in [0.05, 0.1) is 23.7 Å². The Morgan fingerprint density at radius 3 is 2.68 bits per heavy atom. The summed E-state index contributed by atoms with van der Waals surface area (Å²) in [5, 5.41) is 11.4. The van der Waals surface area contributed by atoms with E-state index in [1.807, 2.05) is 0 Å². The molecule has 2 rings (SSSR count). The summed E-state index contributed by atoms with van der Waals surface area (Å²) >= 11 is 5.61. The minimum Gasteiger partial charge on any atom is -0.481 e. The lowest BCUT2D eigenvalue weighted by molar-refractivity contribution is -0.137. The van der Waals surface area contributed by atoms with Crippen molar-refractivity contribution >= 4 is 23.5 Å². The fourth-order valence-corrected chi connectivity index (χ4v) is 2.10. The average Bonchev–Trinajstić information content (AvgIpc) is 2.87. The normalized spacial score (nSPS) is 12.0. The van der Waals surface area contributed by atoms with Crippen molar-refractivity contribution in [3.05, 3.63) is 58.3 Å². The van der Waals surface area contributed by atoms with Gasteiger partial charge in [0, 0.05) is 5.56 Å². The molecule has 7 heteroatoms. The van der Waals surface area contributed by atoms with Crippen molar-refractivity contribution in [2.24, 2.45) is 0 Å². The number of amides is 1. The smallest absolute Gasteiger partial charge is 0.305 e. The molecule has 0 aliphatic rings. The molecule has 0 radical (unpaired) electrons. The molecule has 0 saturated carbocycles. The Balaban J connectivity index is 2.26. The molecule has 116 valence electrons. The summed E-state index contributed by atoms with van der Waals surface area (Å²) in [7, 11) is 0. The van der Waals surface area contributed by atoms with E-state index in [0.29, 0.717) is 11.1 Å². The number of halogens is 2. The minimum atomic E-state index is -1.13. The average molecular weight is 326 g/mol. The van der Waals surface area contributed by atoms with Gasteiger partial charge in [0.25, 0.3) is 5.91 Å². The molecule has 2 N–H and O–H groups in total. The van der Waals surface area contributed by atoms with E-state index < -0.39 is 30.2 Å².